The van der Waals surface area contributed by atoms with Gasteiger partial charge in [-0.05, 0) is 12.0 Å². The van der Waals surface area contributed by atoms with Crippen LogP contribution in [0.5, 0.6) is 0 Å². The predicted octanol–water partition coefficient (Wildman–Crippen LogP) is 2.37. The first kappa shape index (κ1) is 15.0. The molecule has 0 aliphatic rings. The van der Waals surface area contributed by atoms with E-state index in [2.05, 4.69) is 32.6 Å². The number of hydrogen-bond donors (Lipinski definition) is 2. The lowest BCUT2D eigenvalue weighted by Gasteiger charge is -2.03. The molecule has 3 rings (SSSR count). The van der Waals surface area contributed by atoms with Crippen LogP contribution in [0.3, 0.4) is 0 Å². The van der Waals surface area contributed by atoms with Crippen LogP contribution in [0.2, 0.25) is 0 Å². The van der Waals surface area contributed by atoms with E-state index in [0.29, 0.717) is 18.2 Å². The fourth-order valence-electron chi connectivity index (χ4n) is 2.30. The van der Waals surface area contributed by atoms with Crippen LogP contribution in [-0.2, 0) is 17.6 Å². The summed E-state index contributed by atoms with van der Waals surface area (Å²) < 4.78 is 0. The maximum absolute atomic E-state index is 11.9. The second-order valence-electron chi connectivity index (χ2n) is 5.23. The molecule has 5 nitrogen and oxygen atoms in total. The van der Waals surface area contributed by atoms with Crippen molar-refractivity contribution in [1.29, 1.82) is 0 Å². The molecule has 0 radical (unpaired) electrons. The van der Waals surface area contributed by atoms with Crippen LogP contribution in [0.1, 0.15) is 11.4 Å². The third kappa shape index (κ3) is 4.26. The van der Waals surface area contributed by atoms with Gasteiger partial charge in [0.15, 0.2) is 5.82 Å². The number of aromatic amines is 1. The Balaban J connectivity index is 1.49. The highest BCUT2D eigenvalue weighted by Gasteiger charge is 2.09. The van der Waals surface area contributed by atoms with Crippen molar-refractivity contribution in [3.63, 3.8) is 0 Å². The van der Waals surface area contributed by atoms with Gasteiger partial charge in [0.1, 0.15) is 5.82 Å². The summed E-state index contributed by atoms with van der Waals surface area (Å²) in [5.41, 5.74) is 2.14. The summed E-state index contributed by atoms with van der Waals surface area (Å²) in [7, 11) is 0. The number of carbonyl (C=O) groups is 1. The smallest absolute Gasteiger partial charge is 0.227 e. The van der Waals surface area contributed by atoms with E-state index in [0.717, 1.165) is 12.0 Å². The lowest BCUT2D eigenvalue weighted by molar-refractivity contribution is -0.120. The second-order valence-corrected chi connectivity index (χ2v) is 5.23. The van der Waals surface area contributed by atoms with Gasteiger partial charge in [0.2, 0.25) is 5.91 Å². The van der Waals surface area contributed by atoms with Crippen LogP contribution < -0.4 is 5.32 Å². The van der Waals surface area contributed by atoms with E-state index < -0.39 is 0 Å². The van der Waals surface area contributed by atoms with Crippen molar-refractivity contribution in [3.05, 3.63) is 72.1 Å². The number of nitrogens with zero attached hydrogens (tertiary/aromatic N) is 2. The van der Waals surface area contributed by atoms with Crippen molar-refractivity contribution < 1.29 is 4.79 Å². The normalized spacial score (nSPS) is 10.4. The lowest BCUT2D eigenvalue weighted by atomic mass is 10.1. The van der Waals surface area contributed by atoms with Crippen LogP contribution in [0.4, 0.5) is 0 Å². The first-order chi connectivity index (χ1) is 11.3. The number of H-pyrrole nitrogens is 1. The molecule has 3 aromatic rings. The Morgan fingerprint density at radius 3 is 2.43 bits per heavy atom. The fraction of sp³-hybridized carbons (Fsp3) is 0.167. The van der Waals surface area contributed by atoms with Crippen LogP contribution in [0.25, 0.3) is 11.4 Å². The van der Waals surface area contributed by atoms with Gasteiger partial charge in [-0.1, -0.05) is 60.7 Å². The summed E-state index contributed by atoms with van der Waals surface area (Å²) in [5.74, 6) is 1.12. The van der Waals surface area contributed by atoms with Gasteiger partial charge in [0.25, 0.3) is 0 Å². The van der Waals surface area contributed by atoms with Crippen molar-refractivity contribution in [2.24, 2.45) is 0 Å². The maximum atomic E-state index is 11.9. The molecule has 0 saturated heterocycles. The average molecular weight is 306 g/mol. The molecule has 2 aromatic carbocycles. The zero-order chi connectivity index (χ0) is 15.9. The van der Waals surface area contributed by atoms with Crippen molar-refractivity contribution in [3.8, 4) is 11.4 Å². The predicted molar refractivity (Wildman–Crippen MR) is 88.7 cm³/mol. The van der Waals surface area contributed by atoms with Gasteiger partial charge in [0.05, 0.1) is 6.42 Å². The Morgan fingerprint density at radius 2 is 1.70 bits per heavy atom. The number of benzene rings is 2. The second kappa shape index (κ2) is 7.35. The minimum atomic E-state index is -0.0586. The van der Waals surface area contributed by atoms with Crippen LogP contribution in [-0.4, -0.2) is 27.6 Å². The molecule has 23 heavy (non-hydrogen) atoms. The standard InChI is InChI=1S/C18H18N4O/c23-17(19-12-11-14-7-3-1-4-8-14)13-16-20-18(22-21-16)15-9-5-2-6-10-15/h1-10H,11-13H2,(H,19,23)(H,20,21,22). The highest BCUT2D eigenvalue weighted by molar-refractivity contribution is 5.77. The molecule has 1 aromatic heterocycles. The third-order valence-electron chi connectivity index (χ3n) is 3.47. The minimum Gasteiger partial charge on any atom is -0.355 e. The van der Waals surface area contributed by atoms with E-state index in [1.165, 1.54) is 5.56 Å². The van der Waals surface area contributed by atoms with Gasteiger partial charge in [-0.2, -0.15) is 5.10 Å². The molecule has 0 aliphatic heterocycles. The Kier molecular flexibility index (Phi) is 4.79. The molecular weight excluding hydrogens is 288 g/mol. The molecule has 0 unspecified atom stereocenters. The Hall–Kier alpha value is -2.95. The molecular formula is C18H18N4O. The van der Waals surface area contributed by atoms with E-state index in [9.17, 15) is 4.79 Å². The summed E-state index contributed by atoms with van der Waals surface area (Å²) in [6.07, 6.45) is 1.02. The lowest BCUT2D eigenvalue weighted by Crippen LogP contribution is -2.27. The number of amides is 1. The summed E-state index contributed by atoms with van der Waals surface area (Å²) in [5, 5.41) is 9.87. The zero-order valence-electron chi connectivity index (χ0n) is 12.7. The van der Waals surface area contributed by atoms with E-state index in [4.69, 9.17) is 0 Å². The van der Waals surface area contributed by atoms with Crippen LogP contribution >= 0.6 is 0 Å². The third-order valence-corrected chi connectivity index (χ3v) is 3.47. The largest absolute Gasteiger partial charge is 0.355 e. The molecule has 2 N–H and O–H groups in total. The van der Waals surface area contributed by atoms with E-state index in [1.54, 1.807) is 0 Å². The molecule has 0 saturated carbocycles. The first-order valence-electron chi connectivity index (χ1n) is 7.58. The molecule has 1 heterocycles. The van der Waals surface area contributed by atoms with Crippen molar-refractivity contribution >= 4 is 5.91 Å². The highest BCUT2D eigenvalue weighted by Crippen LogP contribution is 2.13. The SMILES string of the molecule is O=C(Cc1nc(-c2ccccc2)n[nH]1)NCCc1ccccc1. The summed E-state index contributed by atoms with van der Waals surface area (Å²) in [6.45, 7) is 0.614. The minimum absolute atomic E-state index is 0.0586. The molecule has 1 amide bonds. The highest BCUT2D eigenvalue weighted by atomic mass is 16.1. The molecule has 0 bridgehead atoms. The van der Waals surface area contributed by atoms with Gasteiger partial charge in [-0.25, -0.2) is 4.98 Å². The van der Waals surface area contributed by atoms with Crippen LogP contribution in [0, 0.1) is 0 Å². The Bertz CT molecular complexity index is 753. The monoisotopic (exact) mass is 306 g/mol. The number of aromatic nitrogens is 3. The molecule has 116 valence electrons. The van der Waals surface area contributed by atoms with Gasteiger partial charge in [0, 0.05) is 12.1 Å². The summed E-state index contributed by atoms with van der Waals surface area (Å²) in [4.78, 5) is 16.3. The fourth-order valence-corrected chi connectivity index (χ4v) is 2.30. The molecule has 0 spiro atoms. The van der Waals surface area contributed by atoms with Crippen molar-refractivity contribution in [2.45, 2.75) is 12.8 Å². The summed E-state index contributed by atoms with van der Waals surface area (Å²) >= 11 is 0. The van der Waals surface area contributed by atoms with E-state index in [1.807, 2.05) is 48.5 Å². The number of hydrogen-bond acceptors (Lipinski definition) is 3. The average Bonchev–Trinajstić information content (AvgIpc) is 3.05. The Labute approximate surface area is 134 Å². The van der Waals surface area contributed by atoms with Crippen LogP contribution in [0.15, 0.2) is 60.7 Å². The number of carbonyl (C=O) groups excluding carboxylic acids is 1. The molecule has 5 heteroatoms. The van der Waals surface area contributed by atoms with Gasteiger partial charge in [-0.15, -0.1) is 0 Å². The molecule has 0 fully saturated rings. The number of nitrogens with one attached hydrogen (secondary N) is 2. The topological polar surface area (TPSA) is 70.7 Å². The number of rotatable bonds is 6. The van der Waals surface area contributed by atoms with Gasteiger partial charge >= 0.3 is 0 Å². The first-order valence-corrected chi connectivity index (χ1v) is 7.58. The Morgan fingerprint density at radius 1 is 1.00 bits per heavy atom. The molecule has 0 atom stereocenters. The zero-order valence-corrected chi connectivity index (χ0v) is 12.7. The quantitative estimate of drug-likeness (QED) is 0.734. The summed E-state index contributed by atoms with van der Waals surface area (Å²) in [6, 6.07) is 19.8. The van der Waals surface area contributed by atoms with E-state index >= 15 is 0 Å². The van der Waals surface area contributed by atoms with Crippen molar-refractivity contribution in [1.82, 2.24) is 20.5 Å². The van der Waals surface area contributed by atoms with Crippen molar-refractivity contribution in [2.75, 3.05) is 6.54 Å². The molecule has 0 aliphatic carbocycles. The van der Waals surface area contributed by atoms with Gasteiger partial charge in [-0.3, -0.25) is 9.89 Å². The van der Waals surface area contributed by atoms with E-state index in [-0.39, 0.29) is 12.3 Å². The maximum Gasteiger partial charge on any atom is 0.227 e. The van der Waals surface area contributed by atoms with Gasteiger partial charge < -0.3 is 5.32 Å².